The molecule has 4 aromatic rings. The third-order valence-corrected chi connectivity index (χ3v) is 8.84. The van der Waals surface area contributed by atoms with Crippen LogP contribution in [0, 0.1) is 0 Å². The number of nitrogen functional groups attached to an aromatic ring is 1. The first-order valence-corrected chi connectivity index (χ1v) is 16.4. The quantitative estimate of drug-likeness (QED) is 0.157. The van der Waals surface area contributed by atoms with Crippen LogP contribution in [0.25, 0.3) is 0 Å². The number of nitrogens with one attached hydrogen (secondary N) is 2. The highest BCUT2D eigenvalue weighted by atomic mass is 32.1. The second-order valence-corrected chi connectivity index (χ2v) is 12.0. The highest BCUT2D eigenvalue weighted by Crippen LogP contribution is 2.34. The number of nitrogens with two attached hydrogens (primary N) is 1. The van der Waals surface area contributed by atoms with Gasteiger partial charge in [0.25, 0.3) is 11.8 Å². The number of phenolic OH excluding ortho intramolecular Hbond substituents is 1. The molecule has 1 heterocycles. The second kappa shape index (κ2) is 15.4. The number of aromatic nitrogens is 1. The molecule has 46 heavy (non-hydrogen) atoms. The van der Waals surface area contributed by atoms with Crippen molar-refractivity contribution >= 4 is 40.6 Å². The lowest BCUT2D eigenvalue weighted by molar-refractivity contribution is -0.122. The van der Waals surface area contributed by atoms with E-state index in [2.05, 4.69) is 15.0 Å². The fraction of sp³-hybridized carbons (Fsp3) is 0.314. The number of phenols is 1. The van der Waals surface area contributed by atoms with E-state index in [0.29, 0.717) is 36.6 Å². The summed E-state index contributed by atoms with van der Waals surface area (Å²) in [5, 5.41) is 16.0. The Hall–Kier alpha value is -4.90. The van der Waals surface area contributed by atoms with E-state index in [1.165, 1.54) is 17.0 Å². The fourth-order valence-corrected chi connectivity index (χ4v) is 6.36. The number of aromatic hydroxyl groups is 1. The molecular formula is C35H39N5O5S. The van der Waals surface area contributed by atoms with Gasteiger partial charge >= 0.3 is 0 Å². The number of rotatable bonds is 12. The Morgan fingerprint density at radius 2 is 1.70 bits per heavy atom. The van der Waals surface area contributed by atoms with Crippen LogP contribution in [-0.4, -0.2) is 46.4 Å². The minimum atomic E-state index is -1.15. The van der Waals surface area contributed by atoms with Gasteiger partial charge in [-0.1, -0.05) is 61.7 Å². The normalized spacial score (nSPS) is 13.8. The van der Waals surface area contributed by atoms with Gasteiger partial charge in [0.05, 0.1) is 12.3 Å². The average Bonchev–Trinajstić information content (AvgIpc) is 3.46. The maximum Gasteiger partial charge on any atom is 0.273 e. The molecule has 10 nitrogen and oxygen atoms in total. The molecule has 1 aliphatic rings. The Balaban J connectivity index is 1.50. The number of nitrogens with zero attached hydrogens (tertiary/aromatic N) is 2. The van der Waals surface area contributed by atoms with E-state index in [1.807, 2.05) is 37.3 Å². The first kappa shape index (κ1) is 32.5. The molecule has 11 heteroatoms. The van der Waals surface area contributed by atoms with Gasteiger partial charge in [0.2, 0.25) is 5.91 Å². The molecule has 1 atom stereocenters. The van der Waals surface area contributed by atoms with Crippen LogP contribution in [0.4, 0.5) is 11.4 Å². The highest BCUT2D eigenvalue weighted by Gasteiger charge is 2.36. The molecule has 0 radical (unpaired) electrons. The maximum absolute atomic E-state index is 14.5. The number of amides is 3. The summed E-state index contributed by atoms with van der Waals surface area (Å²) in [4.78, 5) is 43.1. The summed E-state index contributed by atoms with van der Waals surface area (Å²) in [7, 11) is 0. The molecule has 0 unspecified atom stereocenters. The molecule has 1 aliphatic carbocycles. The zero-order chi connectivity index (χ0) is 32.5. The van der Waals surface area contributed by atoms with Gasteiger partial charge in [0, 0.05) is 18.3 Å². The summed E-state index contributed by atoms with van der Waals surface area (Å²) in [6.45, 7) is 2.67. The largest absolute Gasteiger partial charge is 0.508 e. The molecule has 5 N–H and O–H groups in total. The van der Waals surface area contributed by atoms with Gasteiger partial charge in [0.1, 0.15) is 22.4 Å². The van der Waals surface area contributed by atoms with Gasteiger partial charge in [-0.25, -0.2) is 0 Å². The van der Waals surface area contributed by atoms with Crippen molar-refractivity contribution in [2.45, 2.75) is 57.5 Å². The number of anilines is 2. The molecule has 0 spiro atoms. The van der Waals surface area contributed by atoms with E-state index in [1.54, 1.807) is 36.4 Å². The van der Waals surface area contributed by atoms with Crippen LogP contribution in [0.15, 0.2) is 78.9 Å². The summed E-state index contributed by atoms with van der Waals surface area (Å²) < 4.78 is 9.91. The fourth-order valence-electron chi connectivity index (χ4n) is 5.62. The van der Waals surface area contributed by atoms with Crippen LogP contribution in [0.5, 0.6) is 11.5 Å². The zero-order valence-corrected chi connectivity index (χ0v) is 26.6. The van der Waals surface area contributed by atoms with Crippen molar-refractivity contribution in [3.05, 3.63) is 101 Å². The molecule has 3 amide bonds. The molecule has 1 saturated carbocycles. The van der Waals surface area contributed by atoms with Crippen LogP contribution in [0.2, 0.25) is 0 Å². The van der Waals surface area contributed by atoms with Gasteiger partial charge in [-0.15, -0.1) is 0 Å². The second-order valence-electron chi connectivity index (χ2n) is 11.2. The molecule has 0 saturated heterocycles. The summed E-state index contributed by atoms with van der Waals surface area (Å²) in [5.41, 5.74) is 8.35. The van der Waals surface area contributed by atoms with Gasteiger partial charge in [0.15, 0.2) is 5.69 Å². The van der Waals surface area contributed by atoms with Crippen molar-refractivity contribution in [3.63, 3.8) is 0 Å². The average molecular weight is 642 g/mol. The first-order chi connectivity index (χ1) is 22.4. The summed E-state index contributed by atoms with van der Waals surface area (Å²) in [6.07, 6.45) is 5.61. The lowest BCUT2D eigenvalue weighted by Crippen LogP contribution is -2.44. The standard InChI is InChI=1S/C35H39N5O5S/c1-2-45-28-19-15-26(16-20-28)40(35(44)32-29(36)30(39-46-32)33(42)38-25-11-7-4-8-12-25)31(24-13-17-27(41)18-14-24)34(43)37-22-21-23-9-5-3-6-10-23/h3,5-6,9-10,13-20,25,31,41H,2,4,7-8,11-12,21-22,36H2,1H3,(H,37,43)(H,38,42)/t31-/m1/s1. The molecule has 5 rings (SSSR count). The van der Waals surface area contributed by atoms with E-state index < -0.39 is 23.8 Å². The number of benzene rings is 3. The topological polar surface area (TPSA) is 147 Å². The van der Waals surface area contributed by atoms with Crippen molar-refractivity contribution in [1.29, 1.82) is 0 Å². The van der Waals surface area contributed by atoms with E-state index in [-0.39, 0.29) is 28.0 Å². The summed E-state index contributed by atoms with van der Waals surface area (Å²) in [5.74, 6) is -0.812. The first-order valence-electron chi connectivity index (χ1n) is 15.6. The van der Waals surface area contributed by atoms with Crippen LogP contribution >= 0.6 is 11.5 Å². The predicted octanol–water partition coefficient (Wildman–Crippen LogP) is 5.64. The van der Waals surface area contributed by atoms with E-state index in [4.69, 9.17) is 10.5 Å². The van der Waals surface area contributed by atoms with Gasteiger partial charge in [-0.2, -0.15) is 4.37 Å². The van der Waals surface area contributed by atoms with Crippen LogP contribution in [0.3, 0.4) is 0 Å². The van der Waals surface area contributed by atoms with Crippen molar-refractivity contribution in [1.82, 2.24) is 15.0 Å². The minimum absolute atomic E-state index is 0.000867. The number of hydrogen-bond donors (Lipinski definition) is 4. The SMILES string of the molecule is CCOc1ccc(N(C(=O)c2snc(C(=O)NC3CCCCC3)c2N)[C@@H](C(=O)NCCc2ccccc2)c2ccc(O)cc2)cc1. The molecule has 0 aliphatic heterocycles. The Morgan fingerprint density at radius 3 is 2.37 bits per heavy atom. The summed E-state index contributed by atoms with van der Waals surface area (Å²) in [6, 6.07) is 21.6. The lowest BCUT2D eigenvalue weighted by Gasteiger charge is -2.31. The summed E-state index contributed by atoms with van der Waals surface area (Å²) >= 11 is 0.827. The number of carbonyl (C=O) groups excluding carboxylic acids is 3. The van der Waals surface area contributed by atoms with Crippen molar-refractivity contribution < 1.29 is 24.2 Å². The zero-order valence-electron chi connectivity index (χ0n) is 25.8. The lowest BCUT2D eigenvalue weighted by atomic mass is 9.95. The van der Waals surface area contributed by atoms with Crippen LogP contribution in [0.1, 0.15) is 76.4 Å². The molecular weight excluding hydrogens is 602 g/mol. The molecule has 240 valence electrons. The van der Waals surface area contributed by atoms with Gasteiger partial charge in [-0.3, -0.25) is 19.3 Å². The predicted molar refractivity (Wildman–Crippen MR) is 179 cm³/mol. The molecule has 1 fully saturated rings. The van der Waals surface area contributed by atoms with Crippen molar-refractivity contribution in [3.8, 4) is 11.5 Å². The molecule has 3 aromatic carbocycles. The van der Waals surface area contributed by atoms with Gasteiger partial charge in [-0.05, 0) is 85.2 Å². The Labute approximate surface area is 272 Å². The number of carbonyl (C=O) groups is 3. The smallest absolute Gasteiger partial charge is 0.273 e. The molecule has 1 aromatic heterocycles. The monoisotopic (exact) mass is 641 g/mol. The maximum atomic E-state index is 14.5. The van der Waals surface area contributed by atoms with Crippen molar-refractivity contribution in [2.75, 3.05) is 23.8 Å². The number of hydrogen-bond acceptors (Lipinski definition) is 8. The van der Waals surface area contributed by atoms with E-state index >= 15 is 0 Å². The third kappa shape index (κ3) is 7.84. The Morgan fingerprint density at radius 1 is 1.00 bits per heavy atom. The van der Waals surface area contributed by atoms with E-state index in [9.17, 15) is 19.5 Å². The van der Waals surface area contributed by atoms with E-state index in [0.717, 1.165) is 49.2 Å². The third-order valence-electron chi connectivity index (χ3n) is 7.99. The Bertz CT molecular complexity index is 1620. The van der Waals surface area contributed by atoms with Crippen LogP contribution < -0.4 is 26.0 Å². The highest BCUT2D eigenvalue weighted by molar-refractivity contribution is 7.09. The molecule has 0 bridgehead atoms. The number of ether oxygens (including phenoxy) is 1. The van der Waals surface area contributed by atoms with Crippen LogP contribution in [-0.2, 0) is 11.2 Å². The van der Waals surface area contributed by atoms with Gasteiger partial charge < -0.3 is 26.2 Å². The Kier molecular flexibility index (Phi) is 10.9. The minimum Gasteiger partial charge on any atom is -0.508 e. The van der Waals surface area contributed by atoms with Crippen molar-refractivity contribution in [2.24, 2.45) is 0 Å².